The van der Waals surface area contributed by atoms with E-state index in [4.69, 9.17) is 0 Å². The second-order valence-corrected chi connectivity index (χ2v) is 7.01. The van der Waals surface area contributed by atoms with Gasteiger partial charge in [0, 0.05) is 42.5 Å². The molecule has 27 heavy (non-hydrogen) atoms. The van der Waals surface area contributed by atoms with E-state index in [0.717, 1.165) is 37.8 Å². The summed E-state index contributed by atoms with van der Waals surface area (Å²) in [5.74, 6) is 0. The van der Waals surface area contributed by atoms with E-state index in [1.165, 1.54) is 16.3 Å². The number of unbranched alkanes of at least 4 members (excludes halogenated alkanes) is 1. The molecule has 3 rings (SSSR count). The first-order valence-electron chi connectivity index (χ1n) is 9.41. The Kier molecular flexibility index (Phi) is 6.49. The van der Waals surface area contributed by atoms with Gasteiger partial charge in [-0.25, -0.2) is 0 Å². The standard InChI is InChI=1S/C22H25N3O2/c1-17(4-2-3-5-18-7-10-22(11-8-18)25(26)27)24-15-19-6-9-21-16-23-13-12-20(21)14-19/h6-14,16-17,24H,2-5,15H2,1H3/t17-/m1/s1. The minimum atomic E-state index is -0.358. The lowest BCUT2D eigenvalue weighted by Crippen LogP contribution is -2.25. The molecule has 0 amide bonds. The lowest BCUT2D eigenvalue weighted by Gasteiger charge is -2.14. The van der Waals surface area contributed by atoms with Gasteiger partial charge in [0.2, 0.25) is 0 Å². The predicted octanol–water partition coefficient (Wildman–Crippen LogP) is 5.03. The summed E-state index contributed by atoms with van der Waals surface area (Å²) in [5.41, 5.74) is 2.60. The van der Waals surface area contributed by atoms with Crippen molar-refractivity contribution in [2.75, 3.05) is 0 Å². The number of nitro groups is 1. The number of nitrogens with one attached hydrogen (secondary N) is 1. The third kappa shape index (κ3) is 5.59. The van der Waals surface area contributed by atoms with Crippen LogP contribution in [0.1, 0.15) is 37.3 Å². The molecular weight excluding hydrogens is 338 g/mol. The third-order valence-corrected chi connectivity index (χ3v) is 4.86. The second kappa shape index (κ2) is 9.24. The fourth-order valence-corrected chi connectivity index (χ4v) is 3.20. The fraction of sp³-hybridized carbons (Fsp3) is 0.318. The van der Waals surface area contributed by atoms with Crippen molar-refractivity contribution in [3.05, 3.63) is 82.2 Å². The van der Waals surface area contributed by atoms with Crippen LogP contribution < -0.4 is 5.32 Å². The summed E-state index contributed by atoms with van der Waals surface area (Å²) >= 11 is 0. The van der Waals surface area contributed by atoms with Gasteiger partial charge in [-0.05, 0) is 54.8 Å². The molecule has 1 heterocycles. The topological polar surface area (TPSA) is 68.1 Å². The number of rotatable bonds is 9. The Balaban J connectivity index is 1.37. The van der Waals surface area contributed by atoms with Gasteiger partial charge < -0.3 is 5.32 Å². The van der Waals surface area contributed by atoms with E-state index < -0.39 is 0 Å². The molecule has 0 aliphatic rings. The molecule has 0 fully saturated rings. The highest BCUT2D eigenvalue weighted by Crippen LogP contribution is 2.16. The number of fused-ring (bicyclic) bond motifs is 1. The van der Waals surface area contributed by atoms with E-state index in [0.29, 0.717) is 6.04 Å². The number of aryl methyl sites for hydroxylation is 1. The van der Waals surface area contributed by atoms with Crippen LogP contribution in [0.5, 0.6) is 0 Å². The van der Waals surface area contributed by atoms with Gasteiger partial charge in [0.05, 0.1) is 4.92 Å². The maximum atomic E-state index is 10.7. The molecule has 5 heteroatoms. The van der Waals surface area contributed by atoms with Crippen molar-refractivity contribution in [1.29, 1.82) is 0 Å². The summed E-state index contributed by atoms with van der Waals surface area (Å²) in [5, 5.41) is 16.7. The maximum Gasteiger partial charge on any atom is 0.269 e. The molecular formula is C22H25N3O2. The zero-order valence-corrected chi connectivity index (χ0v) is 15.6. The monoisotopic (exact) mass is 363 g/mol. The molecule has 0 aliphatic heterocycles. The number of hydrogen-bond donors (Lipinski definition) is 1. The summed E-state index contributed by atoms with van der Waals surface area (Å²) in [6.45, 7) is 3.08. The van der Waals surface area contributed by atoms with Gasteiger partial charge in [-0.2, -0.15) is 0 Å². The smallest absolute Gasteiger partial charge is 0.269 e. The lowest BCUT2D eigenvalue weighted by molar-refractivity contribution is -0.384. The van der Waals surface area contributed by atoms with E-state index >= 15 is 0 Å². The average molecular weight is 363 g/mol. The van der Waals surface area contributed by atoms with Crippen molar-refractivity contribution >= 4 is 16.5 Å². The first-order chi connectivity index (χ1) is 13.1. The Morgan fingerprint density at radius 1 is 1.04 bits per heavy atom. The van der Waals surface area contributed by atoms with E-state index in [9.17, 15) is 10.1 Å². The van der Waals surface area contributed by atoms with E-state index in [-0.39, 0.29) is 10.6 Å². The molecule has 0 radical (unpaired) electrons. The van der Waals surface area contributed by atoms with Crippen molar-refractivity contribution in [2.45, 2.75) is 45.2 Å². The van der Waals surface area contributed by atoms with Crippen LogP contribution in [-0.4, -0.2) is 15.9 Å². The van der Waals surface area contributed by atoms with Gasteiger partial charge in [-0.1, -0.05) is 30.7 Å². The number of nitrogens with zero attached hydrogens (tertiary/aromatic N) is 2. The molecule has 1 N–H and O–H groups in total. The number of benzene rings is 2. The van der Waals surface area contributed by atoms with Crippen molar-refractivity contribution < 1.29 is 4.92 Å². The first kappa shape index (κ1) is 19.0. The Hall–Kier alpha value is -2.79. The highest BCUT2D eigenvalue weighted by molar-refractivity contribution is 5.81. The fourth-order valence-electron chi connectivity index (χ4n) is 3.20. The average Bonchev–Trinajstić information content (AvgIpc) is 2.70. The summed E-state index contributed by atoms with van der Waals surface area (Å²) in [6, 6.07) is 15.9. The van der Waals surface area contributed by atoms with Gasteiger partial charge in [0.1, 0.15) is 0 Å². The van der Waals surface area contributed by atoms with Gasteiger partial charge in [0.15, 0.2) is 0 Å². The van der Waals surface area contributed by atoms with Gasteiger partial charge in [-0.15, -0.1) is 0 Å². The van der Waals surface area contributed by atoms with Crippen LogP contribution in [0.4, 0.5) is 5.69 Å². The summed E-state index contributed by atoms with van der Waals surface area (Å²) in [6.07, 6.45) is 8.02. The van der Waals surface area contributed by atoms with Crippen LogP contribution in [0.25, 0.3) is 10.8 Å². The van der Waals surface area contributed by atoms with Crippen molar-refractivity contribution in [1.82, 2.24) is 10.3 Å². The molecule has 0 saturated carbocycles. The molecule has 0 spiro atoms. The molecule has 1 atom stereocenters. The number of non-ortho nitro benzene ring substituents is 1. The van der Waals surface area contributed by atoms with Crippen molar-refractivity contribution in [3.8, 4) is 0 Å². The molecule has 140 valence electrons. The highest BCUT2D eigenvalue weighted by atomic mass is 16.6. The van der Waals surface area contributed by atoms with E-state index in [2.05, 4.69) is 35.4 Å². The molecule has 2 aromatic carbocycles. The Bertz CT molecular complexity index is 893. The molecule has 0 saturated heterocycles. The number of pyridine rings is 1. The maximum absolute atomic E-state index is 10.7. The van der Waals surface area contributed by atoms with Crippen LogP contribution in [0.3, 0.4) is 0 Å². The Morgan fingerprint density at radius 2 is 1.81 bits per heavy atom. The third-order valence-electron chi connectivity index (χ3n) is 4.86. The molecule has 0 bridgehead atoms. The van der Waals surface area contributed by atoms with E-state index in [1.807, 2.05) is 30.6 Å². The zero-order chi connectivity index (χ0) is 19.1. The van der Waals surface area contributed by atoms with Crippen LogP contribution >= 0.6 is 0 Å². The first-order valence-corrected chi connectivity index (χ1v) is 9.41. The Morgan fingerprint density at radius 3 is 2.59 bits per heavy atom. The number of hydrogen-bond acceptors (Lipinski definition) is 4. The zero-order valence-electron chi connectivity index (χ0n) is 15.6. The van der Waals surface area contributed by atoms with E-state index in [1.54, 1.807) is 12.1 Å². The summed E-state index contributed by atoms with van der Waals surface area (Å²) < 4.78 is 0. The molecule has 0 unspecified atom stereocenters. The molecule has 0 aliphatic carbocycles. The largest absolute Gasteiger partial charge is 0.310 e. The van der Waals surface area contributed by atoms with Crippen LogP contribution in [0, 0.1) is 10.1 Å². The van der Waals surface area contributed by atoms with Crippen LogP contribution in [0.15, 0.2) is 60.9 Å². The number of nitro benzene ring substituents is 1. The minimum absolute atomic E-state index is 0.154. The summed E-state index contributed by atoms with van der Waals surface area (Å²) in [4.78, 5) is 14.5. The Labute approximate surface area is 159 Å². The van der Waals surface area contributed by atoms with Crippen LogP contribution in [-0.2, 0) is 13.0 Å². The SMILES string of the molecule is C[C@H](CCCCc1ccc([N+](=O)[O-])cc1)NCc1ccc2cnccc2c1. The normalized spacial score (nSPS) is 12.2. The van der Waals surface area contributed by atoms with Crippen LogP contribution in [0.2, 0.25) is 0 Å². The predicted molar refractivity (Wildman–Crippen MR) is 109 cm³/mol. The lowest BCUT2D eigenvalue weighted by atomic mass is 10.0. The quantitative estimate of drug-likeness (QED) is 0.329. The minimum Gasteiger partial charge on any atom is -0.310 e. The van der Waals surface area contributed by atoms with Gasteiger partial charge in [0.25, 0.3) is 5.69 Å². The molecule has 3 aromatic rings. The number of aromatic nitrogens is 1. The molecule has 1 aromatic heterocycles. The second-order valence-electron chi connectivity index (χ2n) is 7.01. The van der Waals surface area contributed by atoms with Crippen molar-refractivity contribution in [3.63, 3.8) is 0 Å². The molecule has 5 nitrogen and oxygen atoms in total. The van der Waals surface area contributed by atoms with Gasteiger partial charge in [-0.3, -0.25) is 15.1 Å². The highest BCUT2D eigenvalue weighted by Gasteiger charge is 2.05. The van der Waals surface area contributed by atoms with Crippen molar-refractivity contribution in [2.24, 2.45) is 0 Å². The summed E-state index contributed by atoms with van der Waals surface area (Å²) in [7, 11) is 0. The van der Waals surface area contributed by atoms with Gasteiger partial charge >= 0.3 is 0 Å².